The lowest BCUT2D eigenvalue weighted by Crippen LogP contribution is -2.04. The van der Waals surface area contributed by atoms with E-state index in [2.05, 4.69) is 31.0 Å². The number of hydrogen-bond acceptors (Lipinski definition) is 3. The SMILES string of the molecule is Cc1nn(-c2cncc(CCl)n2)c(C)c1Br. The van der Waals surface area contributed by atoms with Gasteiger partial charge in [-0.15, -0.1) is 11.6 Å². The fraction of sp³-hybridized carbons (Fsp3) is 0.300. The van der Waals surface area contributed by atoms with Crippen LogP contribution in [-0.4, -0.2) is 19.7 Å². The van der Waals surface area contributed by atoms with Crippen molar-refractivity contribution in [1.29, 1.82) is 0 Å². The molecule has 0 aliphatic heterocycles. The molecule has 0 amide bonds. The van der Waals surface area contributed by atoms with E-state index < -0.39 is 0 Å². The van der Waals surface area contributed by atoms with Crippen molar-refractivity contribution in [3.05, 3.63) is 33.9 Å². The molecule has 2 heterocycles. The molecule has 2 aromatic rings. The maximum Gasteiger partial charge on any atom is 0.172 e. The Morgan fingerprint density at radius 1 is 1.38 bits per heavy atom. The molecule has 84 valence electrons. The molecule has 0 saturated heterocycles. The van der Waals surface area contributed by atoms with E-state index in [1.54, 1.807) is 17.1 Å². The lowest BCUT2D eigenvalue weighted by molar-refractivity contribution is 0.792. The van der Waals surface area contributed by atoms with Crippen LogP contribution in [0.2, 0.25) is 0 Å². The number of alkyl halides is 1. The van der Waals surface area contributed by atoms with E-state index in [4.69, 9.17) is 11.6 Å². The summed E-state index contributed by atoms with van der Waals surface area (Å²) in [6.45, 7) is 3.91. The van der Waals surface area contributed by atoms with Gasteiger partial charge < -0.3 is 0 Å². The predicted octanol–water partition coefficient (Wildman–Crippen LogP) is 2.78. The first-order valence-electron chi connectivity index (χ1n) is 4.72. The molecule has 0 spiro atoms. The van der Waals surface area contributed by atoms with E-state index in [0.29, 0.717) is 11.7 Å². The summed E-state index contributed by atoms with van der Waals surface area (Å²) in [5, 5.41) is 4.38. The summed E-state index contributed by atoms with van der Waals surface area (Å²) in [6.07, 6.45) is 3.32. The van der Waals surface area contributed by atoms with Crippen molar-refractivity contribution in [3.8, 4) is 5.82 Å². The third-order valence-electron chi connectivity index (χ3n) is 2.23. The molecule has 0 atom stereocenters. The van der Waals surface area contributed by atoms with Gasteiger partial charge in [-0.3, -0.25) is 4.98 Å². The fourth-order valence-electron chi connectivity index (χ4n) is 1.41. The van der Waals surface area contributed by atoms with Crippen molar-refractivity contribution in [2.24, 2.45) is 0 Å². The van der Waals surface area contributed by atoms with E-state index in [1.165, 1.54) is 0 Å². The van der Waals surface area contributed by atoms with Crippen LogP contribution >= 0.6 is 27.5 Å². The highest BCUT2D eigenvalue weighted by atomic mass is 79.9. The average Bonchev–Trinajstić information content (AvgIpc) is 2.57. The molecule has 0 bridgehead atoms. The fourth-order valence-corrected chi connectivity index (χ4v) is 1.78. The van der Waals surface area contributed by atoms with Crippen LogP contribution < -0.4 is 0 Å². The monoisotopic (exact) mass is 300 g/mol. The largest absolute Gasteiger partial charge is 0.259 e. The highest BCUT2D eigenvalue weighted by molar-refractivity contribution is 9.10. The Labute approximate surface area is 107 Å². The molecule has 0 aromatic carbocycles. The molecule has 0 aliphatic carbocycles. The minimum Gasteiger partial charge on any atom is -0.259 e. The second-order valence-electron chi connectivity index (χ2n) is 3.40. The topological polar surface area (TPSA) is 43.6 Å². The van der Waals surface area contributed by atoms with Crippen molar-refractivity contribution in [3.63, 3.8) is 0 Å². The second kappa shape index (κ2) is 4.51. The summed E-state index contributed by atoms with van der Waals surface area (Å²) in [4.78, 5) is 8.45. The van der Waals surface area contributed by atoms with Crippen LogP contribution in [-0.2, 0) is 5.88 Å². The summed E-state index contributed by atoms with van der Waals surface area (Å²) in [5.41, 5.74) is 2.66. The van der Waals surface area contributed by atoms with Gasteiger partial charge in [-0.2, -0.15) is 5.10 Å². The Kier molecular flexibility index (Phi) is 3.25. The third-order valence-corrected chi connectivity index (χ3v) is 3.65. The van der Waals surface area contributed by atoms with Gasteiger partial charge in [0.15, 0.2) is 5.82 Å². The Hall–Kier alpha value is -0.940. The number of rotatable bonds is 2. The van der Waals surface area contributed by atoms with Crippen molar-refractivity contribution in [1.82, 2.24) is 19.7 Å². The zero-order valence-electron chi connectivity index (χ0n) is 8.91. The summed E-state index contributed by atoms with van der Waals surface area (Å²) < 4.78 is 2.74. The van der Waals surface area contributed by atoms with Gasteiger partial charge in [-0.05, 0) is 29.8 Å². The molecule has 0 saturated carbocycles. The predicted molar refractivity (Wildman–Crippen MR) is 65.9 cm³/mol. The first-order chi connectivity index (χ1) is 7.63. The molecule has 0 unspecified atom stereocenters. The van der Waals surface area contributed by atoms with Gasteiger partial charge in [0.2, 0.25) is 0 Å². The van der Waals surface area contributed by atoms with Gasteiger partial charge in [-0.25, -0.2) is 9.67 Å². The standard InChI is InChI=1S/C10H10BrClN4/c1-6-10(11)7(2)16(15-6)9-5-13-4-8(3-12)14-9/h4-5H,3H2,1-2H3. The highest BCUT2D eigenvalue weighted by Gasteiger charge is 2.11. The maximum atomic E-state index is 5.72. The average molecular weight is 302 g/mol. The van der Waals surface area contributed by atoms with Crippen LogP contribution in [0, 0.1) is 13.8 Å². The van der Waals surface area contributed by atoms with Gasteiger partial charge in [0.1, 0.15) is 0 Å². The molecule has 0 aliphatic rings. The zero-order chi connectivity index (χ0) is 11.7. The normalized spacial score (nSPS) is 10.8. The Morgan fingerprint density at radius 2 is 2.12 bits per heavy atom. The van der Waals surface area contributed by atoms with Crippen LogP contribution in [0.4, 0.5) is 0 Å². The molecule has 4 nitrogen and oxygen atoms in total. The Balaban J connectivity index is 2.54. The summed E-state index contributed by atoms with van der Waals surface area (Å²) in [6, 6.07) is 0. The Bertz CT molecular complexity index is 524. The molecule has 2 rings (SSSR count). The molecular weight excluding hydrogens is 291 g/mol. The van der Waals surface area contributed by atoms with Crippen LogP contribution in [0.3, 0.4) is 0 Å². The molecule has 0 N–H and O–H groups in total. The van der Waals surface area contributed by atoms with Gasteiger partial charge >= 0.3 is 0 Å². The van der Waals surface area contributed by atoms with Crippen molar-refractivity contribution in [2.45, 2.75) is 19.7 Å². The van der Waals surface area contributed by atoms with Crippen LogP contribution in [0.5, 0.6) is 0 Å². The number of hydrogen-bond donors (Lipinski definition) is 0. The number of aromatic nitrogens is 4. The van der Waals surface area contributed by atoms with E-state index >= 15 is 0 Å². The molecule has 0 radical (unpaired) electrons. The van der Waals surface area contributed by atoms with E-state index in [9.17, 15) is 0 Å². The highest BCUT2D eigenvalue weighted by Crippen LogP contribution is 2.21. The quantitative estimate of drug-likeness (QED) is 0.801. The van der Waals surface area contributed by atoms with Gasteiger partial charge in [0, 0.05) is 6.20 Å². The van der Waals surface area contributed by atoms with E-state index in [1.807, 2.05) is 13.8 Å². The Morgan fingerprint density at radius 3 is 2.69 bits per heavy atom. The third kappa shape index (κ3) is 1.97. The molecule has 0 fully saturated rings. The number of halogens is 2. The van der Waals surface area contributed by atoms with Crippen molar-refractivity contribution >= 4 is 27.5 Å². The number of nitrogens with zero attached hydrogens (tertiary/aromatic N) is 4. The molecule has 2 aromatic heterocycles. The van der Waals surface area contributed by atoms with Crippen LogP contribution in [0.25, 0.3) is 5.82 Å². The van der Waals surface area contributed by atoms with Crippen molar-refractivity contribution in [2.75, 3.05) is 0 Å². The second-order valence-corrected chi connectivity index (χ2v) is 4.46. The lowest BCUT2D eigenvalue weighted by atomic mass is 10.4. The molecule has 16 heavy (non-hydrogen) atoms. The van der Waals surface area contributed by atoms with E-state index in [-0.39, 0.29) is 0 Å². The smallest absolute Gasteiger partial charge is 0.172 e. The summed E-state index contributed by atoms with van der Waals surface area (Å²) in [7, 11) is 0. The maximum absolute atomic E-state index is 5.72. The minimum atomic E-state index is 0.349. The first kappa shape index (κ1) is 11.5. The minimum absolute atomic E-state index is 0.349. The zero-order valence-corrected chi connectivity index (χ0v) is 11.2. The summed E-state index contributed by atoms with van der Waals surface area (Å²) in [5.74, 6) is 1.03. The van der Waals surface area contributed by atoms with Gasteiger partial charge in [0.25, 0.3) is 0 Å². The molecule has 6 heteroatoms. The van der Waals surface area contributed by atoms with Gasteiger partial charge in [0.05, 0.1) is 33.6 Å². The van der Waals surface area contributed by atoms with Gasteiger partial charge in [-0.1, -0.05) is 0 Å². The molecular formula is C10H10BrClN4. The first-order valence-corrected chi connectivity index (χ1v) is 6.05. The van der Waals surface area contributed by atoms with E-state index in [0.717, 1.165) is 21.6 Å². The lowest BCUT2D eigenvalue weighted by Gasteiger charge is -2.03. The van der Waals surface area contributed by atoms with Crippen LogP contribution in [0.15, 0.2) is 16.9 Å². The number of aryl methyl sites for hydroxylation is 1. The van der Waals surface area contributed by atoms with Crippen LogP contribution in [0.1, 0.15) is 17.1 Å². The van der Waals surface area contributed by atoms with Crippen molar-refractivity contribution < 1.29 is 0 Å². The summed E-state index contributed by atoms with van der Waals surface area (Å²) >= 11 is 9.20.